The number of terminal acetylenes is 1. The summed E-state index contributed by atoms with van der Waals surface area (Å²) in [7, 11) is 0. The van der Waals surface area contributed by atoms with Crippen molar-refractivity contribution in [2.45, 2.75) is 32.8 Å². The van der Waals surface area contributed by atoms with E-state index < -0.39 is 6.09 Å². The van der Waals surface area contributed by atoms with E-state index in [0.717, 1.165) is 15.8 Å². The first-order valence-corrected chi connectivity index (χ1v) is 6.17. The molecule has 0 amide bonds. The molecule has 0 fully saturated rings. The van der Waals surface area contributed by atoms with Crippen LogP contribution in [-0.4, -0.2) is 26.1 Å². The summed E-state index contributed by atoms with van der Waals surface area (Å²) in [5.74, 6) is 2.43. The summed E-state index contributed by atoms with van der Waals surface area (Å²) < 4.78 is 0.876. The van der Waals surface area contributed by atoms with E-state index in [1.807, 2.05) is 20.8 Å². The van der Waals surface area contributed by atoms with E-state index in [4.69, 9.17) is 6.42 Å². The molecule has 5 heteroatoms. The molecule has 2 rings (SSSR count). The minimum absolute atomic E-state index is 0.134. The lowest BCUT2D eigenvalue weighted by Gasteiger charge is -2.23. The molecule has 0 aliphatic rings. The van der Waals surface area contributed by atoms with E-state index in [1.54, 1.807) is 12.1 Å². The molecule has 2 N–H and O–H groups in total. The van der Waals surface area contributed by atoms with Gasteiger partial charge in [0, 0.05) is 5.39 Å². The van der Waals surface area contributed by atoms with Crippen LogP contribution < -0.4 is 0 Å². The fourth-order valence-corrected chi connectivity index (χ4v) is 2.49. The van der Waals surface area contributed by atoms with E-state index in [-0.39, 0.29) is 17.7 Å². The Morgan fingerprint density at radius 2 is 2.10 bits per heavy atom. The summed E-state index contributed by atoms with van der Waals surface area (Å²) in [4.78, 5) is 11.2. The summed E-state index contributed by atoms with van der Waals surface area (Å²) in [5.41, 5.74) is 1.98. The molecule has 1 heterocycles. The van der Waals surface area contributed by atoms with Gasteiger partial charge in [-0.15, -0.1) is 6.42 Å². The van der Waals surface area contributed by atoms with E-state index in [2.05, 4.69) is 11.0 Å². The second kappa shape index (κ2) is 4.66. The molecule has 0 aliphatic carbocycles. The lowest BCUT2D eigenvalue weighted by molar-refractivity contribution is 0.194. The largest absolute Gasteiger partial charge is 0.463 e. The number of benzene rings is 1. The van der Waals surface area contributed by atoms with Crippen molar-refractivity contribution in [2.75, 3.05) is 0 Å². The van der Waals surface area contributed by atoms with E-state index in [0.29, 0.717) is 10.9 Å². The highest BCUT2D eigenvalue weighted by molar-refractivity contribution is 5.94. The van der Waals surface area contributed by atoms with Crippen LogP contribution in [0, 0.1) is 12.3 Å². The highest BCUT2D eigenvalue weighted by Crippen LogP contribution is 2.35. The Balaban J connectivity index is 3.01. The molecule has 0 radical (unpaired) electrons. The monoisotopic (exact) mass is 272 g/mol. The van der Waals surface area contributed by atoms with Crippen LogP contribution in [0.25, 0.3) is 10.9 Å². The second-order valence-corrected chi connectivity index (χ2v) is 5.59. The molecule has 1 aromatic carbocycles. The van der Waals surface area contributed by atoms with Crippen LogP contribution in [0.2, 0.25) is 0 Å². The van der Waals surface area contributed by atoms with Gasteiger partial charge in [-0.05, 0) is 28.5 Å². The molecule has 1 aromatic heterocycles. The minimum Gasteiger partial charge on any atom is -0.463 e. The van der Waals surface area contributed by atoms with Crippen LogP contribution in [0.4, 0.5) is 4.79 Å². The summed E-state index contributed by atoms with van der Waals surface area (Å²) in [6.07, 6.45) is 4.26. The van der Waals surface area contributed by atoms with Crippen LogP contribution in [0.15, 0.2) is 12.1 Å². The molecular formula is C15H16N2O3. The predicted molar refractivity (Wildman–Crippen MR) is 75.7 cm³/mol. The van der Waals surface area contributed by atoms with Crippen LogP contribution in [0.5, 0.6) is 0 Å². The lowest BCUT2D eigenvalue weighted by Crippen LogP contribution is -2.15. The van der Waals surface area contributed by atoms with Crippen molar-refractivity contribution in [3.8, 4) is 12.3 Å². The Morgan fingerprint density at radius 1 is 1.45 bits per heavy atom. The van der Waals surface area contributed by atoms with Crippen molar-refractivity contribution < 1.29 is 15.0 Å². The molecule has 104 valence electrons. The average molecular weight is 272 g/mol. The number of aliphatic hydroxyl groups is 1. The van der Waals surface area contributed by atoms with Crippen molar-refractivity contribution in [1.29, 1.82) is 0 Å². The third-order valence-corrected chi connectivity index (χ3v) is 3.17. The molecule has 0 saturated heterocycles. The number of fused-ring (bicyclic) bond motifs is 1. The number of aromatic nitrogens is 2. The SMILES string of the molecule is C#Cc1nn(C(=O)O)c2ccc(CO)c(C(C)(C)C)c12. The van der Waals surface area contributed by atoms with Crippen molar-refractivity contribution in [2.24, 2.45) is 0 Å². The van der Waals surface area contributed by atoms with Crippen molar-refractivity contribution in [1.82, 2.24) is 9.78 Å². The Bertz CT molecular complexity index is 730. The fourth-order valence-electron chi connectivity index (χ4n) is 2.49. The van der Waals surface area contributed by atoms with Gasteiger partial charge >= 0.3 is 6.09 Å². The van der Waals surface area contributed by atoms with Crippen LogP contribution >= 0.6 is 0 Å². The zero-order valence-electron chi connectivity index (χ0n) is 11.6. The molecule has 5 nitrogen and oxygen atoms in total. The number of rotatable bonds is 1. The average Bonchev–Trinajstić information content (AvgIpc) is 2.74. The Kier molecular flexibility index (Phi) is 3.28. The van der Waals surface area contributed by atoms with Crippen molar-refractivity contribution in [3.63, 3.8) is 0 Å². The molecule has 0 aliphatic heterocycles. The Hall–Kier alpha value is -2.32. The first kappa shape index (κ1) is 14.1. The predicted octanol–water partition coefficient (Wildman–Crippen LogP) is 2.33. The van der Waals surface area contributed by atoms with Gasteiger partial charge in [0.25, 0.3) is 0 Å². The third kappa shape index (κ3) is 2.04. The topological polar surface area (TPSA) is 75.4 Å². The molecule has 20 heavy (non-hydrogen) atoms. The summed E-state index contributed by atoms with van der Waals surface area (Å²) in [6.45, 7) is 5.82. The first-order valence-electron chi connectivity index (χ1n) is 6.17. The standard InChI is InChI=1S/C15H16N2O3/c1-5-10-12-11(17(16-10)14(19)20)7-6-9(8-18)13(12)15(2,3)4/h1,6-7,18H,8H2,2-4H3,(H,19,20). The van der Waals surface area contributed by atoms with E-state index in [1.165, 1.54) is 0 Å². The summed E-state index contributed by atoms with van der Waals surface area (Å²) in [5, 5.41) is 23.3. The molecule has 0 saturated carbocycles. The highest BCUT2D eigenvalue weighted by atomic mass is 16.4. The molecule has 0 unspecified atom stereocenters. The van der Waals surface area contributed by atoms with Crippen LogP contribution in [0.3, 0.4) is 0 Å². The van der Waals surface area contributed by atoms with Gasteiger partial charge in [0.2, 0.25) is 0 Å². The number of carboxylic acid groups (broad SMARTS) is 1. The van der Waals surface area contributed by atoms with Gasteiger partial charge in [-0.1, -0.05) is 26.8 Å². The van der Waals surface area contributed by atoms with Gasteiger partial charge in [0.1, 0.15) is 5.69 Å². The molecule has 0 spiro atoms. The van der Waals surface area contributed by atoms with Crippen molar-refractivity contribution in [3.05, 3.63) is 29.0 Å². The Labute approximate surface area is 116 Å². The van der Waals surface area contributed by atoms with E-state index in [9.17, 15) is 15.0 Å². The second-order valence-electron chi connectivity index (χ2n) is 5.59. The fraction of sp³-hybridized carbons (Fsp3) is 0.333. The first-order chi connectivity index (χ1) is 9.31. The third-order valence-electron chi connectivity index (χ3n) is 3.17. The number of hydrogen-bond donors (Lipinski definition) is 2. The maximum Gasteiger partial charge on any atom is 0.432 e. The molecule has 0 atom stereocenters. The van der Waals surface area contributed by atoms with Crippen LogP contribution in [-0.2, 0) is 12.0 Å². The quantitative estimate of drug-likeness (QED) is 0.781. The zero-order chi connectivity index (χ0) is 15.1. The molecular weight excluding hydrogens is 256 g/mol. The van der Waals surface area contributed by atoms with Crippen molar-refractivity contribution >= 4 is 17.0 Å². The number of aliphatic hydroxyl groups excluding tert-OH is 1. The number of carbonyl (C=O) groups is 1. The van der Waals surface area contributed by atoms with E-state index >= 15 is 0 Å². The molecule has 0 bridgehead atoms. The summed E-state index contributed by atoms with van der Waals surface area (Å²) >= 11 is 0. The van der Waals surface area contributed by atoms with Gasteiger partial charge in [-0.25, -0.2) is 4.79 Å². The summed E-state index contributed by atoms with van der Waals surface area (Å²) in [6, 6.07) is 3.34. The van der Waals surface area contributed by atoms with Gasteiger partial charge in [0.15, 0.2) is 0 Å². The van der Waals surface area contributed by atoms with Gasteiger partial charge in [-0.3, -0.25) is 0 Å². The zero-order valence-corrected chi connectivity index (χ0v) is 11.6. The maximum absolute atomic E-state index is 11.2. The smallest absolute Gasteiger partial charge is 0.432 e. The maximum atomic E-state index is 11.2. The number of hydrogen-bond acceptors (Lipinski definition) is 3. The number of nitrogens with zero attached hydrogens (tertiary/aromatic N) is 2. The highest BCUT2D eigenvalue weighted by Gasteiger charge is 2.26. The van der Waals surface area contributed by atoms with Gasteiger partial charge in [0.05, 0.1) is 12.1 Å². The minimum atomic E-state index is -1.19. The Morgan fingerprint density at radius 3 is 2.55 bits per heavy atom. The van der Waals surface area contributed by atoms with Gasteiger partial charge in [-0.2, -0.15) is 9.78 Å². The lowest BCUT2D eigenvalue weighted by atomic mass is 9.81. The normalized spacial score (nSPS) is 11.6. The van der Waals surface area contributed by atoms with Gasteiger partial charge < -0.3 is 10.2 Å². The molecule has 2 aromatic rings. The van der Waals surface area contributed by atoms with Crippen LogP contribution in [0.1, 0.15) is 37.6 Å².